The maximum atomic E-state index is 12.1. The van der Waals surface area contributed by atoms with Crippen LogP contribution in [0.15, 0.2) is 17.8 Å². The van der Waals surface area contributed by atoms with E-state index in [1.54, 1.807) is 6.20 Å². The van der Waals surface area contributed by atoms with Gasteiger partial charge in [0.2, 0.25) is 11.9 Å². The maximum absolute atomic E-state index is 12.1. The Morgan fingerprint density at radius 1 is 1.41 bits per heavy atom. The lowest BCUT2D eigenvalue weighted by atomic mass is 9.94. The molecule has 2 heterocycles. The number of amides is 1. The summed E-state index contributed by atoms with van der Waals surface area (Å²) in [6, 6.07) is 0. The zero-order chi connectivity index (χ0) is 21.1. The number of H-pyrrole nitrogens is 1. The van der Waals surface area contributed by atoms with Gasteiger partial charge in [-0.15, -0.1) is 0 Å². The van der Waals surface area contributed by atoms with Crippen LogP contribution in [0.3, 0.4) is 0 Å². The van der Waals surface area contributed by atoms with E-state index in [-0.39, 0.29) is 23.8 Å². The van der Waals surface area contributed by atoms with Crippen LogP contribution in [-0.2, 0) is 22.6 Å². The van der Waals surface area contributed by atoms with Gasteiger partial charge in [0.1, 0.15) is 23.7 Å². The predicted octanol–water partition coefficient (Wildman–Crippen LogP) is 3.32. The first-order valence-electron chi connectivity index (χ1n) is 9.37. The molecular formula is C21H25N3O5. The minimum Gasteiger partial charge on any atom is -0.507 e. The number of methoxy groups -OCH3 is 1. The minimum atomic E-state index is -0.518. The molecule has 1 aromatic heterocycles. The minimum absolute atomic E-state index is 0.0973. The summed E-state index contributed by atoms with van der Waals surface area (Å²) >= 11 is 0. The first-order chi connectivity index (χ1) is 13.8. The second kappa shape index (κ2) is 8.38. The van der Waals surface area contributed by atoms with Gasteiger partial charge in [-0.25, -0.2) is 9.78 Å². The number of hydrogen-bond acceptors (Lipinski definition) is 6. The number of phenols is 1. The Morgan fingerprint density at radius 3 is 2.83 bits per heavy atom. The van der Waals surface area contributed by atoms with Crippen molar-refractivity contribution >= 4 is 17.8 Å². The number of anilines is 1. The SMILES string of the molecule is COc1c(C)c2c(c(O)c1C/C=C(\C)CCC(=O)Nc1ncc(C)[nH]1)C(=O)OC2. The Balaban J connectivity index is 1.69. The van der Waals surface area contributed by atoms with E-state index in [1.807, 2.05) is 26.8 Å². The van der Waals surface area contributed by atoms with E-state index in [0.717, 1.165) is 16.8 Å². The van der Waals surface area contributed by atoms with Crippen molar-refractivity contribution in [3.8, 4) is 11.5 Å². The number of nitrogens with zero attached hydrogens (tertiary/aromatic N) is 1. The number of allylic oxidation sites excluding steroid dienone is 2. The average Bonchev–Trinajstić information content (AvgIpc) is 3.27. The summed E-state index contributed by atoms with van der Waals surface area (Å²) in [5, 5.41) is 13.3. The summed E-state index contributed by atoms with van der Waals surface area (Å²) in [7, 11) is 1.53. The summed E-state index contributed by atoms with van der Waals surface area (Å²) in [5.41, 5.74) is 4.07. The zero-order valence-corrected chi connectivity index (χ0v) is 17.0. The largest absolute Gasteiger partial charge is 0.507 e. The third kappa shape index (κ3) is 4.26. The van der Waals surface area contributed by atoms with Crippen LogP contribution in [0.25, 0.3) is 0 Å². The number of aromatic hydroxyl groups is 1. The monoisotopic (exact) mass is 399 g/mol. The molecule has 0 unspecified atom stereocenters. The number of cyclic esters (lactones) is 1. The van der Waals surface area contributed by atoms with E-state index in [0.29, 0.717) is 42.1 Å². The van der Waals surface area contributed by atoms with Gasteiger partial charge in [-0.1, -0.05) is 11.6 Å². The number of aromatic nitrogens is 2. The number of benzene rings is 1. The number of aromatic amines is 1. The van der Waals surface area contributed by atoms with Crippen LogP contribution >= 0.6 is 0 Å². The molecule has 154 valence electrons. The van der Waals surface area contributed by atoms with Crippen LogP contribution in [0.2, 0.25) is 0 Å². The number of nitrogens with one attached hydrogen (secondary N) is 2. The molecular weight excluding hydrogens is 374 g/mol. The molecule has 0 aliphatic carbocycles. The highest BCUT2D eigenvalue weighted by atomic mass is 16.5. The topological polar surface area (TPSA) is 114 Å². The van der Waals surface area contributed by atoms with Crippen LogP contribution in [0.1, 0.15) is 52.5 Å². The zero-order valence-electron chi connectivity index (χ0n) is 17.0. The van der Waals surface area contributed by atoms with E-state index in [2.05, 4.69) is 15.3 Å². The van der Waals surface area contributed by atoms with E-state index in [1.165, 1.54) is 7.11 Å². The van der Waals surface area contributed by atoms with Crippen molar-refractivity contribution in [3.05, 3.63) is 45.8 Å². The summed E-state index contributed by atoms with van der Waals surface area (Å²) in [6.45, 7) is 5.77. The Kier molecular flexibility index (Phi) is 5.91. The van der Waals surface area contributed by atoms with Crippen LogP contribution in [0.5, 0.6) is 11.5 Å². The molecule has 1 aliphatic rings. The number of rotatable bonds is 7. The van der Waals surface area contributed by atoms with Gasteiger partial charge in [0.15, 0.2) is 0 Å². The lowest BCUT2D eigenvalue weighted by Gasteiger charge is -2.15. The number of carbonyl (C=O) groups excluding carboxylic acids is 2. The molecule has 8 nitrogen and oxygen atoms in total. The molecule has 0 radical (unpaired) electrons. The van der Waals surface area contributed by atoms with E-state index in [4.69, 9.17) is 9.47 Å². The van der Waals surface area contributed by atoms with Gasteiger partial charge in [0.05, 0.1) is 7.11 Å². The first-order valence-corrected chi connectivity index (χ1v) is 9.37. The average molecular weight is 399 g/mol. The van der Waals surface area contributed by atoms with Crippen LogP contribution < -0.4 is 10.1 Å². The predicted molar refractivity (Wildman–Crippen MR) is 107 cm³/mol. The lowest BCUT2D eigenvalue weighted by Crippen LogP contribution is -2.12. The van der Waals surface area contributed by atoms with Crippen molar-refractivity contribution in [2.75, 3.05) is 12.4 Å². The molecule has 3 N–H and O–H groups in total. The Bertz CT molecular complexity index is 991. The smallest absolute Gasteiger partial charge is 0.342 e. The maximum Gasteiger partial charge on any atom is 0.342 e. The van der Waals surface area contributed by atoms with Gasteiger partial charge >= 0.3 is 5.97 Å². The number of carbonyl (C=O) groups is 2. The Morgan fingerprint density at radius 2 is 2.17 bits per heavy atom. The lowest BCUT2D eigenvalue weighted by molar-refractivity contribution is -0.116. The molecule has 29 heavy (non-hydrogen) atoms. The van der Waals surface area contributed by atoms with Crippen molar-refractivity contribution < 1.29 is 24.2 Å². The molecule has 3 rings (SSSR count). The fourth-order valence-electron chi connectivity index (χ4n) is 3.39. The fraction of sp³-hybridized carbons (Fsp3) is 0.381. The number of ether oxygens (including phenoxy) is 2. The Labute approximate surface area is 168 Å². The highest BCUT2D eigenvalue weighted by Gasteiger charge is 2.31. The molecule has 8 heteroatoms. The van der Waals surface area contributed by atoms with Crippen molar-refractivity contribution in [1.82, 2.24) is 9.97 Å². The molecule has 2 aromatic rings. The fourth-order valence-corrected chi connectivity index (χ4v) is 3.39. The van der Waals surface area contributed by atoms with E-state index < -0.39 is 5.97 Å². The molecule has 0 bridgehead atoms. The second-order valence-corrected chi connectivity index (χ2v) is 7.13. The molecule has 1 aromatic carbocycles. The van der Waals surface area contributed by atoms with Crippen molar-refractivity contribution in [1.29, 1.82) is 0 Å². The van der Waals surface area contributed by atoms with Crippen LogP contribution in [-0.4, -0.2) is 34.1 Å². The highest BCUT2D eigenvalue weighted by Crippen LogP contribution is 2.42. The van der Waals surface area contributed by atoms with Gasteiger partial charge < -0.3 is 19.6 Å². The van der Waals surface area contributed by atoms with Gasteiger partial charge in [-0.05, 0) is 39.2 Å². The summed E-state index contributed by atoms with van der Waals surface area (Å²) in [5.74, 6) is 0.234. The first kappa shape index (κ1) is 20.4. The number of esters is 1. The summed E-state index contributed by atoms with van der Waals surface area (Å²) in [6.07, 6.45) is 4.81. The number of phenolic OH excluding ortho intramolecular Hbond substituents is 1. The molecule has 0 atom stereocenters. The van der Waals surface area contributed by atoms with Crippen molar-refractivity contribution in [3.63, 3.8) is 0 Å². The van der Waals surface area contributed by atoms with Gasteiger partial charge in [0.25, 0.3) is 0 Å². The van der Waals surface area contributed by atoms with Crippen molar-refractivity contribution in [2.24, 2.45) is 0 Å². The second-order valence-electron chi connectivity index (χ2n) is 7.13. The summed E-state index contributed by atoms with van der Waals surface area (Å²) < 4.78 is 10.5. The number of aryl methyl sites for hydroxylation is 1. The molecule has 1 amide bonds. The molecule has 0 fully saturated rings. The standard InChI is InChI=1S/C21H25N3O5/c1-11(6-8-16(25)24-21-22-9-12(2)23-21)5-7-14-18(26)17-15(10-29-20(17)27)13(3)19(14)28-4/h5,9,26H,6-8,10H2,1-4H3,(H2,22,23,24,25)/b11-5+. The normalized spacial score (nSPS) is 13.2. The number of fused-ring (bicyclic) bond motifs is 1. The number of hydrogen-bond donors (Lipinski definition) is 3. The quantitative estimate of drug-likeness (QED) is 0.486. The third-order valence-corrected chi connectivity index (χ3v) is 5.01. The van der Waals surface area contributed by atoms with Gasteiger partial charge in [-0.3, -0.25) is 10.1 Å². The molecule has 0 saturated heterocycles. The highest BCUT2D eigenvalue weighted by molar-refractivity contribution is 5.98. The van der Waals surface area contributed by atoms with Gasteiger partial charge in [-0.2, -0.15) is 0 Å². The molecule has 0 saturated carbocycles. The van der Waals surface area contributed by atoms with Crippen LogP contribution in [0, 0.1) is 13.8 Å². The van der Waals surface area contributed by atoms with E-state index in [9.17, 15) is 14.7 Å². The molecule has 1 aliphatic heterocycles. The Hall–Kier alpha value is -3.29. The van der Waals surface area contributed by atoms with Gasteiger partial charge in [0, 0.05) is 29.4 Å². The number of imidazole rings is 1. The summed E-state index contributed by atoms with van der Waals surface area (Å²) in [4.78, 5) is 31.0. The van der Waals surface area contributed by atoms with Crippen molar-refractivity contribution in [2.45, 2.75) is 46.6 Å². The van der Waals surface area contributed by atoms with E-state index >= 15 is 0 Å². The van der Waals surface area contributed by atoms with Crippen LogP contribution in [0.4, 0.5) is 5.95 Å². The molecule has 0 spiro atoms. The third-order valence-electron chi connectivity index (χ3n) is 5.01.